The zero-order valence-corrected chi connectivity index (χ0v) is 11.9. The van der Waals surface area contributed by atoms with Crippen molar-refractivity contribution in [2.24, 2.45) is 11.8 Å². The second-order valence-electron chi connectivity index (χ2n) is 4.92. The largest absolute Gasteiger partial charge is 0.481 e. The maximum atomic E-state index is 12.2. The molecule has 1 fully saturated rings. The van der Waals surface area contributed by atoms with Gasteiger partial charge in [-0.25, -0.2) is 4.98 Å². The maximum absolute atomic E-state index is 12.2. The van der Waals surface area contributed by atoms with Crippen LogP contribution in [0.1, 0.15) is 43.1 Å². The van der Waals surface area contributed by atoms with Gasteiger partial charge in [-0.1, -0.05) is 12.8 Å². The zero-order valence-electron chi connectivity index (χ0n) is 11.1. The summed E-state index contributed by atoms with van der Waals surface area (Å²) in [6.45, 7) is 1.41. The number of Topliss-reactive ketones (excluding diaryl/α,β-unsaturated/α-hetero) is 1. The molecule has 1 aromatic rings. The normalized spacial score (nSPS) is 22.2. The van der Waals surface area contributed by atoms with Crippen molar-refractivity contribution < 1.29 is 19.5 Å². The molecule has 0 aromatic carbocycles. The highest BCUT2D eigenvalue weighted by Crippen LogP contribution is 2.31. The van der Waals surface area contributed by atoms with Crippen molar-refractivity contribution in [3.05, 3.63) is 11.1 Å². The zero-order chi connectivity index (χ0) is 14.7. The third kappa shape index (κ3) is 3.22. The number of aromatic nitrogens is 1. The highest BCUT2D eigenvalue weighted by molar-refractivity contribution is 7.14. The molecule has 0 aliphatic heterocycles. The maximum Gasteiger partial charge on any atom is 0.307 e. The Labute approximate surface area is 120 Å². The van der Waals surface area contributed by atoms with Crippen LogP contribution in [-0.2, 0) is 9.59 Å². The Morgan fingerprint density at radius 3 is 2.50 bits per heavy atom. The number of rotatable bonds is 4. The molecule has 7 heteroatoms. The van der Waals surface area contributed by atoms with Crippen LogP contribution in [0.25, 0.3) is 0 Å². The number of aliphatic carboxylic acids is 1. The molecule has 108 valence electrons. The summed E-state index contributed by atoms with van der Waals surface area (Å²) in [5, 5.41) is 13.7. The van der Waals surface area contributed by atoms with Crippen LogP contribution in [0.4, 0.5) is 5.13 Å². The summed E-state index contributed by atoms with van der Waals surface area (Å²) in [6.07, 6.45) is 2.81. The van der Waals surface area contributed by atoms with Crippen molar-refractivity contribution in [2.45, 2.75) is 32.6 Å². The topological polar surface area (TPSA) is 96.4 Å². The van der Waals surface area contributed by atoms with Gasteiger partial charge in [-0.2, -0.15) is 0 Å². The minimum Gasteiger partial charge on any atom is -0.481 e. The number of amides is 1. The van der Waals surface area contributed by atoms with Gasteiger partial charge in [0.1, 0.15) is 5.69 Å². The molecule has 1 aromatic heterocycles. The average Bonchev–Trinajstić information content (AvgIpc) is 2.87. The van der Waals surface area contributed by atoms with Crippen LogP contribution in [0.5, 0.6) is 0 Å². The number of carbonyl (C=O) groups excluding carboxylic acids is 2. The van der Waals surface area contributed by atoms with E-state index in [2.05, 4.69) is 10.3 Å². The number of carboxylic acids is 1. The van der Waals surface area contributed by atoms with Crippen molar-refractivity contribution in [2.75, 3.05) is 5.32 Å². The number of carboxylic acid groups (broad SMARTS) is 1. The fourth-order valence-electron chi connectivity index (χ4n) is 2.43. The van der Waals surface area contributed by atoms with Crippen LogP contribution in [-0.4, -0.2) is 27.8 Å². The Morgan fingerprint density at radius 1 is 1.30 bits per heavy atom. The van der Waals surface area contributed by atoms with E-state index in [0.29, 0.717) is 23.7 Å². The van der Waals surface area contributed by atoms with Crippen LogP contribution in [0.15, 0.2) is 5.38 Å². The lowest BCUT2D eigenvalue weighted by atomic mass is 9.79. The molecular weight excluding hydrogens is 280 g/mol. The fourth-order valence-corrected chi connectivity index (χ4v) is 3.18. The standard InChI is InChI=1S/C13H16N2O4S/c1-7(16)10-6-20-13(14-10)15-11(17)8-4-2-3-5-9(8)12(18)19/h6,8-9H,2-5H2,1H3,(H,18,19)(H,14,15,17). The van der Waals surface area contributed by atoms with Crippen molar-refractivity contribution in [1.82, 2.24) is 4.98 Å². The molecule has 2 unspecified atom stereocenters. The Balaban J connectivity index is 2.05. The minimum atomic E-state index is -0.923. The van der Waals surface area contributed by atoms with Gasteiger partial charge in [-0.15, -0.1) is 11.3 Å². The van der Waals surface area contributed by atoms with Crippen LogP contribution >= 0.6 is 11.3 Å². The van der Waals surface area contributed by atoms with E-state index in [1.54, 1.807) is 5.38 Å². The Kier molecular flexibility index (Phi) is 4.49. The van der Waals surface area contributed by atoms with Gasteiger partial charge in [0.25, 0.3) is 0 Å². The fraction of sp³-hybridized carbons (Fsp3) is 0.538. The number of nitrogens with zero attached hydrogens (tertiary/aromatic N) is 1. The lowest BCUT2D eigenvalue weighted by molar-refractivity contribution is -0.147. The Morgan fingerprint density at radius 2 is 1.95 bits per heavy atom. The highest BCUT2D eigenvalue weighted by Gasteiger charge is 2.35. The predicted molar refractivity (Wildman–Crippen MR) is 73.8 cm³/mol. The van der Waals surface area contributed by atoms with Gasteiger partial charge < -0.3 is 10.4 Å². The van der Waals surface area contributed by atoms with Gasteiger partial charge in [-0.05, 0) is 12.8 Å². The van der Waals surface area contributed by atoms with E-state index in [-0.39, 0.29) is 11.7 Å². The predicted octanol–water partition coefficient (Wildman–Crippen LogP) is 2.18. The number of anilines is 1. The third-order valence-electron chi connectivity index (χ3n) is 3.51. The monoisotopic (exact) mass is 296 g/mol. The van der Waals surface area contributed by atoms with E-state index in [1.165, 1.54) is 18.3 Å². The molecule has 1 aliphatic carbocycles. The summed E-state index contributed by atoms with van der Waals surface area (Å²) < 4.78 is 0. The first-order valence-corrected chi connectivity index (χ1v) is 7.37. The van der Waals surface area contributed by atoms with E-state index in [4.69, 9.17) is 5.11 Å². The first-order valence-electron chi connectivity index (χ1n) is 6.49. The molecule has 1 saturated carbocycles. The van der Waals surface area contributed by atoms with Crippen molar-refractivity contribution in [3.8, 4) is 0 Å². The smallest absolute Gasteiger partial charge is 0.307 e. The van der Waals surface area contributed by atoms with E-state index >= 15 is 0 Å². The van der Waals surface area contributed by atoms with E-state index in [0.717, 1.165) is 12.8 Å². The molecule has 0 bridgehead atoms. The van der Waals surface area contributed by atoms with Crippen molar-refractivity contribution in [1.29, 1.82) is 0 Å². The molecule has 20 heavy (non-hydrogen) atoms. The van der Waals surface area contributed by atoms with Gasteiger partial charge >= 0.3 is 5.97 Å². The molecule has 1 heterocycles. The minimum absolute atomic E-state index is 0.164. The molecule has 0 radical (unpaired) electrons. The van der Waals surface area contributed by atoms with Crippen molar-refractivity contribution in [3.63, 3.8) is 0 Å². The molecule has 6 nitrogen and oxygen atoms in total. The third-order valence-corrected chi connectivity index (χ3v) is 4.27. The summed E-state index contributed by atoms with van der Waals surface area (Å²) in [4.78, 5) is 38.5. The first kappa shape index (κ1) is 14.6. The second kappa shape index (κ2) is 6.13. The lowest BCUT2D eigenvalue weighted by Gasteiger charge is -2.26. The Hall–Kier alpha value is -1.76. The second-order valence-corrected chi connectivity index (χ2v) is 5.78. The number of hydrogen-bond donors (Lipinski definition) is 2. The number of carbonyl (C=O) groups is 3. The van der Waals surface area contributed by atoms with Crippen LogP contribution in [0.2, 0.25) is 0 Å². The molecule has 2 rings (SSSR count). The quantitative estimate of drug-likeness (QED) is 0.830. The number of ketones is 1. The Bertz CT molecular complexity index is 540. The molecule has 0 saturated heterocycles. The van der Waals surface area contributed by atoms with Crippen LogP contribution < -0.4 is 5.32 Å². The van der Waals surface area contributed by atoms with Crippen LogP contribution in [0, 0.1) is 11.8 Å². The summed E-state index contributed by atoms with van der Waals surface area (Å²) in [7, 11) is 0. The molecule has 1 aliphatic rings. The van der Waals surface area contributed by atoms with Gasteiger partial charge in [0.05, 0.1) is 11.8 Å². The lowest BCUT2D eigenvalue weighted by Crippen LogP contribution is -2.36. The molecular formula is C13H16N2O4S. The molecule has 0 spiro atoms. The average molecular weight is 296 g/mol. The molecule has 1 amide bonds. The van der Waals surface area contributed by atoms with E-state index in [1.807, 2.05) is 0 Å². The van der Waals surface area contributed by atoms with E-state index < -0.39 is 17.8 Å². The summed E-state index contributed by atoms with van der Waals surface area (Å²) >= 11 is 1.17. The SMILES string of the molecule is CC(=O)c1csc(NC(=O)C2CCCCC2C(=O)O)n1. The van der Waals surface area contributed by atoms with Crippen molar-refractivity contribution >= 4 is 34.1 Å². The first-order chi connectivity index (χ1) is 9.49. The summed E-state index contributed by atoms with van der Waals surface area (Å²) in [5.74, 6) is -2.56. The van der Waals surface area contributed by atoms with Gasteiger partial charge in [0, 0.05) is 12.3 Å². The molecule has 2 N–H and O–H groups in total. The van der Waals surface area contributed by atoms with E-state index in [9.17, 15) is 14.4 Å². The number of hydrogen-bond acceptors (Lipinski definition) is 5. The summed E-state index contributed by atoms with van der Waals surface area (Å²) in [6, 6.07) is 0. The van der Waals surface area contributed by atoms with Gasteiger partial charge in [-0.3, -0.25) is 14.4 Å². The molecule has 2 atom stereocenters. The van der Waals surface area contributed by atoms with Gasteiger partial charge in [0.15, 0.2) is 10.9 Å². The number of thiazole rings is 1. The summed E-state index contributed by atoms with van der Waals surface area (Å²) in [5.41, 5.74) is 0.309. The van der Waals surface area contributed by atoms with Gasteiger partial charge in [0.2, 0.25) is 5.91 Å². The number of nitrogens with one attached hydrogen (secondary N) is 1. The van der Waals surface area contributed by atoms with Crippen LogP contribution in [0.3, 0.4) is 0 Å². The highest BCUT2D eigenvalue weighted by atomic mass is 32.1.